The molecule has 0 N–H and O–H groups in total. The number of rotatable bonds is 2. The van der Waals surface area contributed by atoms with Crippen molar-refractivity contribution < 1.29 is 0 Å². The highest BCUT2D eigenvalue weighted by Crippen LogP contribution is 2.24. The maximum absolute atomic E-state index is 4.21. The molecule has 0 spiro atoms. The summed E-state index contributed by atoms with van der Waals surface area (Å²) < 4.78 is 2.15. The quantitative estimate of drug-likeness (QED) is 0.666. The molecule has 1 aromatic carbocycles. The second kappa shape index (κ2) is 4.73. The zero-order valence-electron chi connectivity index (χ0n) is 11.2. The Hall–Kier alpha value is -2.35. The van der Waals surface area contributed by atoms with Crippen LogP contribution < -0.4 is 0 Å². The Kier molecular flexibility index (Phi) is 2.92. The maximum atomic E-state index is 4.21. The van der Waals surface area contributed by atoms with Crippen LogP contribution >= 0.6 is 0 Å². The van der Waals surface area contributed by atoms with E-state index in [-0.39, 0.29) is 0 Å². The third-order valence-electron chi connectivity index (χ3n) is 3.34. The monoisotopic (exact) mass is 248 g/mol. The van der Waals surface area contributed by atoms with E-state index in [2.05, 4.69) is 66.1 Å². The molecule has 0 amide bonds. The van der Waals surface area contributed by atoms with Crippen LogP contribution in [-0.2, 0) is 0 Å². The van der Waals surface area contributed by atoms with Crippen molar-refractivity contribution in [3.8, 4) is 16.8 Å². The lowest BCUT2D eigenvalue weighted by Gasteiger charge is -2.04. The van der Waals surface area contributed by atoms with Gasteiger partial charge in [-0.25, -0.2) is 0 Å². The van der Waals surface area contributed by atoms with E-state index in [1.165, 1.54) is 27.9 Å². The van der Waals surface area contributed by atoms with Crippen LogP contribution in [-0.4, -0.2) is 9.55 Å². The van der Waals surface area contributed by atoms with Crippen LogP contribution in [0.2, 0.25) is 0 Å². The van der Waals surface area contributed by atoms with Gasteiger partial charge in [0.15, 0.2) is 0 Å². The van der Waals surface area contributed by atoms with Gasteiger partial charge in [0, 0.05) is 41.6 Å². The van der Waals surface area contributed by atoms with E-state index in [0.29, 0.717) is 0 Å². The van der Waals surface area contributed by atoms with Gasteiger partial charge in [-0.2, -0.15) is 0 Å². The summed E-state index contributed by atoms with van der Waals surface area (Å²) >= 11 is 0. The molecule has 0 aliphatic rings. The molecule has 2 heterocycles. The van der Waals surface area contributed by atoms with Gasteiger partial charge in [0.1, 0.15) is 0 Å². The number of nitrogens with zero attached hydrogens (tertiary/aromatic N) is 2. The molecule has 3 rings (SSSR count). The van der Waals surface area contributed by atoms with Crippen molar-refractivity contribution in [2.24, 2.45) is 0 Å². The maximum Gasteiger partial charge on any atom is 0.0452 e. The van der Waals surface area contributed by atoms with E-state index in [1.54, 1.807) is 0 Å². The topological polar surface area (TPSA) is 17.8 Å². The van der Waals surface area contributed by atoms with Gasteiger partial charge in [0.2, 0.25) is 0 Å². The molecular formula is C17H16N2. The second-order valence-electron chi connectivity index (χ2n) is 4.84. The van der Waals surface area contributed by atoms with E-state index in [4.69, 9.17) is 0 Å². The summed E-state index contributed by atoms with van der Waals surface area (Å²) in [6, 6.07) is 12.7. The van der Waals surface area contributed by atoms with Crippen molar-refractivity contribution in [1.29, 1.82) is 0 Å². The fourth-order valence-electron chi connectivity index (χ4n) is 2.27. The predicted octanol–water partition coefficient (Wildman–Crippen LogP) is 4.16. The molecule has 0 saturated carbocycles. The number of benzene rings is 1. The summed E-state index contributed by atoms with van der Waals surface area (Å²) in [5, 5.41) is 0. The first kappa shape index (κ1) is 11.7. The summed E-state index contributed by atoms with van der Waals surface area (Å²) in [5.41, 5.74) is 6.09. The SMILES string of the molecule is Cc1cccc(-n2ccc(-c3cnccc3C)c2)c1. The van der Waals surface area contributed by atoms with Gasteiger partial charge in [0.05, 0.1) is 0 Å². The minimum Gasteiger partial charge on any atom is -0.323 e. The largest absolute Gasteiger partial charge is 0.323 e. The Morgan fingerprint density at radius 3 is 2.74 bits per heavy atom. The average molecular weight is 248 g/mol. The molecule has 0 radical (unpaired) electrons. The lowest BCUT2D eigenvalue weighted by Crippen LogP contribution is -1.90. The average Bonchev–Trinajstić information content (AvgIpc) is 2.89. The molecule has 0 unspecified atom stereocenters. The molecule has 2 nitrogen and oxygen atoms in total. The molecule has 0 fully saturated rings. The van der Waals surface area contributed by atoms with E-state index in [0.717, 1.165) is 0 Å². The third kappa shape index (κ3) is 2.29. The van der Waals surface area contributed by atoms with Crippen molar-refractivity contribution in [3.05, 3.63) is 72.3 Å². The van der Waals surface area contributed by atoms with Crippen LogP contribution in [0.15, 0.2) is 61.2 Å². The molecule has 0 aliphatic carbocycles. The van der Waals surface area contributed by atoms with E-state index < -0.39 is 0 Å². The van der Waals surface area contributed by atoms with Gasteiger partial charge >= 0.3 is 0 Å². The summed E-state index contributed by atoms with van der Waals surface area (Å²) in [7, 11) is 0. The van der Waals surface area contributed by atoms with Gasteiger partial charge in [-0.15, -0.1) is 0 Å². The molecule has 2 aromatic heterocycles. The van der Waals surface area contributed by atoms with Gasteiger partial charge in [-0.1, -0.05) is 12.1 Å². The van der Waals surface area contributed by atoms with Gasteiger partial charge < -0.3 is 4.57 Å². The smallest absolute Gasteiger partial charge is 0.0452 e. The van der Waals surface area contributed by atoms with E-state index in [9.17, 15) is 0 Å². The summed E-state index contributed by atoms with van der Waals surface area (Å²) in [6.07, 6.45) is 8.00. The van der Waals surface area contributed by atoms with Crippen LogP contribution in [0.25, 0.3) is 16.8 Å². The zero-order chi connectivity index (χ0) is 13.2. The first-order valence-corrected chi connectivity index (χ1v) is 6.40. The van der Waals surface area contributed by atoms with Crippen LogP contribution in [0.3, 0.4) is 0 Å². The lowest BCUT2D eigenvalue weighted by molar-refractivity contribution is 1.08. The normalized spacial score (nSPS) is 10.6. The number of aromatic nitrogens is 2. The number of pyridine rings is 1. The van der Waals surface area contributed by atoms with Crippen molar-refractivity contribution >= 4 is 0 Å². The van der Waals surface area contributed by atoms with Crippen molar-refractivity contribution in [1.82, 2.24) is 9.55 Å². The van der Waals surface area contributed by atoms with Crippen molar-refractivity contribution in [3.63, 3.8) is 0 Å². The molecule has 94 valence electrons. The fourth-order valence-corrected chi connectivity index (χ4v) is 2.27. The molecule has 0 aliphatic heterocycles. The molecule has 0 bridgehead atoms. The highest BCUT2D eigenvalue weighted by atomic mass is 14.9. The molecule has 3 aromatic rings. The zero-order valence-corrected chi connectivity index (χ0v) is 11.2. The van der Waals surface area contributed by atoms with Crippen LogP contribution in [0.1, 0.15) is 11.1 Å². The van der Waals surface area contributed by atoms with E-state index >= 15 is 0 Å². The minimum absolute atomic E-state index is 1.19. The summed E-state index contributed by atoms with van der Waals surface area (Å²) in [5.74, 6) is 0. The molecule has 0 atom stereocenters. The number of hydrogen-bond donors (Lipinski definition) is 0. The predicted molar refractivity (Wildman–Crippen MR) is 78.5 cm³/mol. The molecular weight excluding hydrogens is 232 g/mol. The van der Waals surface area contributed by atoms with Crippen LogP contribution in [0.4, 0.5) is 0 Å². The van der Waals surface area contributed by atoms with Crippen molar-refractivity contribution in [2.75, 3.05) is 0 Å². The van der Waals surface area contributed by atoms with Gasteiger partial charge in [0.25, 0.3) is 0 Å². The Bertz CT molecular complexity index is 711. The first-order valence-electron chi connectivity index (χ1n) is 6.40. The Labute approximate surface area is 113 Å². The minimum atomic E-state index is 1.19. The first-order chi connectivity index (χ1) is 9.24. The Morgan fingerprint density at radius 2 is 1.95 bits per heavy atom. The highest BCUT2D eigenvalue weighted by molar-refractivity contribution is 5.66. The molecule has 0 saturated heterocycles. The molecule has 19 heavy (non-hydrogen) atoms. The fraction of sp³-hybridized carbons (Fsp3) is 0.118. The summed E-state index contributed by atoms with van der Waals surface area (Å²) in [6.45, 7) is 4.22. The second-order valence-corrected chi connectivity index (χ2v) is 4.84. The van der Waals surface area contributed by atoms with Crippen molar-refractivity contribution in [2.45, 2.75) is 13.8 Å². The number of aryl methyl sites for hydroxylation is 2. The van der Waals surface area contributed by atoms with Gasteiger partial charge in [-0.05, 0) is 49.2 Å². The van der Waals surface area contributed by atoms with Gasteiger partial charge in [-0.3, -0.25) is 4.98 Å². The third-order valence-corrected chi connectivity index (χ3v) is 3.34. The summed E-state index contributed by atoms with van der Waals surface area (Å²) in [4.78, 5) is 4.21. The highest BCUT2D eigenvalue weighted by Gasteiger charge is 2.04. The molecule has 2 heteroatoms. The number of hydrogen-bond acceptors (Lipinski definition) is 1. The van der Waals surface area contributed by atoms with E-state index in [1.807, 2.05) is 18.5 Å². The Morgan fingerprint density at radius 1 is 1.05 bits per heavy atom. The Balaban J connectivity index is 2.03. The standard InChI is InChI=1S/C17H16N2/c1-13-4-3-5-16(10-13)19-9-7-15(12-19)17-11-18-8-6-14(17)2/h3-12H,1-2H3. The van der Waals surface area contributed by atoms with Crippen LogP contribution in [0.5, 0.6) is 0 Å². The lowest BCUT2D eigenvalue weighted by atomic mass is 10.1. The van der Waals surface area contributed by atoms with Crippen LogP contribution in [0, 0.1) is 13.8 Å².